The molecule has 10 nitrogen and oxygen atoms in total. The van der Waals surface area contributed by atoms with Crippen LogP contribution in [0.25, 0.3) is 0 Å². The third-order valence-corrected chi connectivity index (χ3v) is 10.1. The van der Waals surface area contributed by atoms with E-state index in [1.807, 2.05) is 58.0 Å². The van der Waals surface area contributed by atoms with E-state index < -0.39 is 53.5 Å². The van der Waals surface area contributed by atoms with Crippen molar-refractivity contribution < 1.29 is 33.8 Å². The van der Waals surface area contributed by atoms with Gasteiger partial charge in [0.1, 0.15) is 18.2 Å². The lowest BCUT2D eigenvalue weighted by atomic mass is 9.70. The Morgan fingerprint density at radius 1 is 1.20 bits per heavy atom. The summed E-state index contributed by atoms with van der Waals surface area (Å²) in [5.41, 5.74) is -0.536. The maximum Gasteiger partial charge on any atom is 0.306 e. The third kappa shape index (κ3) is 6.62. The van der Waals surface area contributed by atoms with Gasteiger partial charge in [-0.15, -0.1) is 13.2 Å². The molecule has 0 saturated carbocycles. The van der Waals surface area contributed by atoms with E-state index in [0.29, 0.717) is 12.8 Å². The van der Waals surface area contributed by atoms with Crippen LogP contribution in [0.5, 0.6) is 0 Å². The standard InChI is InChI=1S/C34H46BrN3O7/c1-7-9-15-26(40)44-19-24(22-13-11-10-12-14-22)36-31(41)27-28-32(42)38(25(18-39)20(3)4)30(33(43)37(16-8-2)21(5)6)34(28)17-23(35)29(27)45-34/h7-8,10-14,20-21,23-25,27-30,39H,1-2,9,15-19H2,3-6H3,(H,36,41)/t23?,24-,25+,27+,28-,29+,30+,34-/m1/s1. The number of aliphatic hydroxyl groups is 1. The molecule has 3 saturated heterocycles. The molecule has 0 aliphatic carbocycles. The number of benzene rings is 1. The van der Waals surface area contributed by atoms with Gasteiger partial charge in [-0.3, -0.25) is 19.2 Å². The van der Waals surface area contributed by atoms with Gasteiger partial charge in [0.2, 0.25) is 17.7 Å². The van der Waals surface area contributed by atoms with Gasteiger partial charge in [0, 0.05) is 23.8 Å². The zero-order valence-corrected chi connectivity index (χ0v) is 28.1. The Morgan fingerprint density at radius 3 is 2.47 bits per heavy atom. The summed E-state index contributed by atoms with van der Waals surface area (Å²) >= 11 is 3.71. The van der Waals surface area contributed by atoms with Crippen LogP contribution in [0.1, 0.15) is 58.6 Å². The van der Waals surface area contributed by atoms with Gasteiger partial charge in [0.15, 0.2) is 0 Å². The molecule has 2 bridgehead atoms. The Balaban J connectivity index is 1.71. The molecule has 3 amide bonds. The highest BCUT2D eigenvalue weighted by molar-refractivity contribution is 9.09. The highest BCUT2D eigenvalue weighted by Crippen LogP contribution is 2.60. The van der Waals surface area contributed by atoms with Crippen LogP contribution in [0.4, 0.5) is 0 Å². The number of carbonyl (C=O) groups excluding carboxylic acids is 4. The number of halogens is 1. The summed E-state index contributed by atoms with van der Waals surface area (Å²) in [6.45, 7) is 14.9. The number of likely N-dealkylation sites (tertiary alicyclic amines) is 1. The van der Waals surface area contributed by atoms with Gasteiger partial charge in [-0.2, -0.15) is 0 Å². The molecule has 0 radical (unpaired) electrons. The van der Waals surface area contributed by atoms with Crippen molar-refractivity contribution in [1.82, 2.24) is 15.1 Å². The largest absolute Gasteiger partial charge is 0.463 e. The number of hydrogen-bond donors (Lipinski definition) is 2. The molecule has 0 aromatic heterocycles. The molecule has 3 aliphatic heterocycles. The van der Waals surface area contributed by atoms with E-state index in [4.69, 9.17) is 9.47 Å². The van der Waals surface area contributed by atoms with E-state index in [1.54, 1.807) is 17.1 Å². The van der Waals surface area contributed by atoms with E-state index in [9.17, 15) is 24.3 Å². The summed E-state index contributed by atoms with van der Waals surface area (Å²) in [6, 6.07) is 6.63. The first-order chi connectivity index (χ1) is 21.4. The minimum Gasteiger partial charge on any atom is -0.463 e. The lowest BCUT2D eigenvalue weighted by Crippen LogP contribution is -2.60. The van der Waals surface area contributed by atoms with Gasteiger partial charge in [-0.05, 0) is 38.2 Å². The van der Waals surface area contributed by atoms with Crippen molar-refractivity contribution in [1.29, 1.82) is 0 Å². The monoisotopic (exact) mass is 687 g/mol. The molecule has 3 fully saturated rings. The maximum absolute atomic E-state index is 14.5. The summed E-state index contributed by atoms with van der Waals surface area (Å²) in [6.07, 6.45) is 3.62. The third-order valence-electron chi connectivity index (χ3n) is 9.29. The quantitative estimate of drug-likeness (QED) is 0.164. The van der Waals surface area contributed by atoms with Crippen LogP contribution in [0, 0.1) is 17.8 Å². The Morgan fingerprint density at radius 2 is 1.89 bits per heavy atom. The highest BCUT2D eigenvalue weighted by atomic mass is 79.9. The number of carbonyl (C=O) groups is 4. The molecular weight excluding hydrogens is 642 g/mol. The van der Waals surface area contributed by atoms with Crippen LogP contribution in [0.3, 0.4) is 0 Å². The molecule has 4 rings (SSSR count). The summed E-state index contributed by atoms with van der Waals surface area (Å²) in [4.78, 5) is 58.4. The van der Waals surface area contributed by atoms with Gasteiger partial charge >= 0.3 is 5.97 Å². The molecule has 1 spiro atoms. The molecule has 8 atom stereocenters. The average Bonchev–Trinajstić information content (AvgIpc) is 3.60. The fourth-order valence-electron chi connectivity index (χ4n) is 7.12. The van der Waals surface area contributed by atoms with Crippen molar-refractivity contribution in [3.8, 4) is 0 Å². The fraction of sp³-hybridized carbons (Fsp3) is 0.588. The minimum atomic E-state index is -1.27. The van der Waals surface area contributed by atoms with Crippen molar-refractivity contribution >= 4 is 39.6 Å². The topological polar surface area (TPSA) is 125 Å². The number of nitrogens with zero attached hydrogens (tertiary/aromatic N) is 2. The Labute approximate surface area is 274 Å². The van der Waals surface area contributed by atoms with Crippen LogP contribution in [-0.4, -0.2) is 93.0 Å². The van der Waals surface area contributed by atoms with Gasteiger partial charge in [-0.1, -0.05) is 72.3 Å². The average molecular weight is 689 g/mol. The summed E-state index contributed by atoms with van der Waals surface area (Å²) in [7, 11) is 0. The molecular formula is C34H46BrN3O7. The normalized spacial score (nSPS) is 28.1. The predicted molar refractivity (Wildman–Crippen MR) is 173 cm³/mol. The first-order valence-corrected chi connectivity index (χ1v) is 16.6. The zero-order chi connectivity index (χ0) is 33.1. The van der Waals surface area contributed by atoms with Crippen molar-refractivity contribution in [2.75, 3.05) is 19.8 Å². The number of nitrogens with one attached hydrogen (secondary N) is 1. The molecule has 1 aromatic rings. The van der Waals surface area contributed by atoms with Crippen molar-refractivity contribution in [3.63, 3.8) is 0 Å². The molecule has 246 valence electrons. The van der Waals surface area contributed by atoms with Crippen LogP contribution in [0.15, 0.2) is 55.6 Å². The first kappa shape index (κ1) is 34.8. The first-order valence-electron chi connectivity index (χ1n) is 15.7. The smallest absolute Gasteiger partial charge is 0.306 e. The van der Waals surface area contributed by atoms with Crippen molar-refractivity contribution in [2.24, 2.45) is 17.8 Å². The molecule has 3 heterocycles. The van der Waals surface area contributed by atoms with Crippen molar-refractivity contribution in [2.45, 2.75) is 87.7 Å². The Kier molecular flexibility index (Phi) is 11.3. The molecule has 1 unspecified atom stereocenters. The highest BCUT2D eigenvalue weighted by Gasteiger charge is 2.77. The van der Waals surface area contributed by atoms with E-state index in [1.165, 1.54) is 4.90 Å². The second-order valence-corrected chi connectivity index (χ2v) is 13.9. The number of hydrogen-bond acceptors (Lipinski definition) is 7. The second kappa shape index (κ2) is 14.6. The molecule has 3 aliphatic rings. The van der Waals surface area contributed by atoms with Gasteiger partial charge in [0.25, 0.3) is 0 Å². The number of esters is 1. The van der Waals surface area contributed by atoms with Gasteiger partial charge < -0.3 is 29.7 Å². The predicted octanol–water partition coefficient (Wildman–Crippen LogP) is 3.54. The summed E-state index contributed by atoms with van der Waals surface area (Å²) < 4.78 is 12.2. The zero-order valence-electron chi connectivity index (χ0n) is 26.6. The minimum absolute atomic E-state index is 0.0937. The molecule has 2 N–H and O–H groups in total. The van der Waals surface area contributed by atoms with Crippen LogP contribution < -0.4 is 5.32 Å². The summed E-state index contributed by atoms with van der Waals surface area (Å²) in [5, 5.41) is 13.5. The Hall–Kier alpha value is -3.02. The number of allylic oxidation sites excluding steroid dienone is 1. The van der Waals surface area contributed by atoms with Gasteiger partial charge in [-0.25, -0.2) is 0 Å². The van der Waals surface area contributed by atoms with Crippen LogP contribution in [0.2, 0.25) is 0 Å². The molecule has 11 heteroatoms. The number of ether oxygens (including phenoxy) is 2. The number of aliphatic hydroxyl groups excluding tert-OH is 1. The van der Waals surface area contributed by atoms with Gasteiger partial charge in [0.05, 0.1) is 36.6 Å². The maximum atomic E-state index is 14.5. The number of alkyl halides is 1. The summed E-state index contributed by atoms with van der Waals surface area (Å²) in [5.74, 6) is -3.54. The lowest BCUT2D eigenvalue weighted by molar-refractivity contribution is -0.153. The number of rotatable bonds is 15. The number of amides is 3. The molecule has 1 aromatic carbocycles. The number of fused-ring (bicyclic) bond motifs is 1. The van der Waals surface area contributed by atoms with Crippen LogP contribution in [-0.2, 0) is 28.7 Å². The van der Waals surface area contributed by atoms with E-state index in [0.717, 1.165) is 5.56 Å². The van der Waals surface area contributed by atoms with Crippen LogP contribution >= 0.6 is 15.9 Å². The van der Waals surface area contributed by atoms with E-state index in [-0.39, 0.29) is 54.8 Å². The molecule has 45 heavy (non-hydrogen) atoms. The fourth-order valence-corrected chi connectivity index (χ4v) is 8.06. The SMILES string of the molecule is C=CCCC(=O)OC[C@@H](NC(=O)[C@@H]1[C@H]2O[C@@]3(CC2Br)[C@H](C(=O)N(CC=C)C(C)C)N([C@@H](CO)C(C)C)C(=O)[C@@H]13)c1ccccc1. The lowest BCUT2D eigenvalue weighted by Gasteiger charge is -2.41. The Bertz CT molecular complexity index is 1270. The van der Waals surface area contributed by atoms with E-state index >= 15 is 0 Å². The van der Waals surface area contributed by atoms with Crippen molar-refractivity contribution in [3.05, 3.63) is 61.2 Å². The van der Waals surface area contributed by atoms with E-state index in [2.05, 4.69) is 34.4 Å². The second-order valence-electron chi connectivity index (χ2n) is 12.8.